The lowest BCUT2D eigenvalue weighted by atomic mass is 9.98. The first-order chi connectivity index (χ1) is 11.5. The van der Waals surface area contributed by atoms with Crippen molar-refractivity contribution >= 4 is 23.2 Å². The summed E-state index contributed by atoms with van der Waals surface area (Å²) in [5.41, 5.74) is 2.12. The lowest BCUT2D eigenvalue weighted by molar-refractivity contribution is -0.131. The number of nitrogens with zero attached hydrogens (tertiary/aromatic N) is 2. The third-order valence-electron chi connectivity index (χ3n) is 4.32. The average molecular weight is 344 g/mol. The minimum absolute atomic E-state index is 0.0936. The summed E-state index contributed by atoms with van der Waals surface area (Å²) in [7, 11) is 0. The molecule has 0 saturated carbocycles. The number of carbonyl (C=O) groups excluding carboxylic acids is 1. The van der Waals surface area contributed by atoms with Crippen LogP contribution >= 0.6 is 11.3 Å². The summed E-state index contributed by atoms with van der Waals surface area (Å²) in [4.78, 5) is 29.9. The van der Waals surface area contributed by atoms with Crippen LogP contribution in [0.5, 0.6) is 0 Å². The number of carboxylic acid groups (broad SMARTS) is 1. The normalized spacial score (nSPS) is 17.7. The summed E-state index contributed by atoms with van der Waals surface area (Å²) in [6.07, 6.45) is 2.38. The smallest absolute Gasteiger partial charge is 0.335 e. The Labute approximate surface area is 145 Å². The molecule has 24 heavy (non-hydrogen) atoms. The Kier molecular flexibility index (Phi) is 4.94. The van der Waals surface area contributed by atoms with Crippen LogP contribution in [-0.4, -0.2) is 40.0 Å². The van der Waals surface area contributed by atoms with Crippen LogP contribution in [0.15, 0.2) is 29.6 Å². The van der Waals surface area contributed by atoms with Crippen molar-refractivity contribution in [2.45, 2.75) is 32.1 Å². The number of aromatic carboxylic acids is 1. The molecule has 1 unspecified atom stereocenters. The molecule has 1 amide bonds. The SMILES string of the molecule is Cc1csc(C2CCCN(C(=O)Cc3ccc(C(=O)O)cc3)C2)n1. The highest BCUT2D eigenvalue weighted by Gasteiger charge is 2.26. The van der Waals surface area contributed by atoms with Gasteiger partial charge in [0.15, 0.2) is 0 Å². The van der Waals surface area contributed by atoms with Gasteiger partial charge in [0, 0.05) is 30.1 Å². The molecule has 1 atom stereocenters. The van der Waals surface area contributed by atoms with Crippen LogP contribution in [0.4, 0.5) is 0 Å². The van der Waals surface area contributed by atoms with Gasteiger partial charge in [0.2, 0.25) is 5.91 Å². The first-order valence-electron chi connectivity index (χ1n) is 8.05. The maximum absolute atomic E-state index is 12.6. The second-order valence-electron chi connectivity index (χ2n) is 6.18. The molecule has 6 heteroatoms. The molecule has 1 N–H and O–H groups in total. The van der Waals surface area contributed by atoms with E-state index in [1.54, 1.807) is 35.6 Å². The topological polar surface area (TPSA) is 70.5 Å². The molecule has 3 rings (SSSR count). The quantitative estimate of drug-likeness (QED) is 0.925. The van der Waals surface area contributed by atoms with E-state index in [9.17, 15) is 9.59 Å². The molecule has 0 bridgehead atoms. The van der Waals surface area contributed by atoms with Crippen molar-refractivity contribution in [2.24, 2.45) is 0 Å². The number of amides is 1. The molecule has 1 aromatic heterocycles. The van der Waals surface area contributed by atoms with E-state index in [2.05, 4.69) is 10.4 Å². The van der Waals surface area contributed by atoms with E-state index >= 15 is 0 Å². The fraction of sp³-hybridized carbons (Fsp3) is 0.389. The molecule has 1 aliphatic heterocycles. The maximum atomic E-state index is 12.6. The molecular formula is C18H20N2O3S. The van der Waals surface area contributed by atoms with Crippen molar-refractivity contribution in [1.29, 1.82) is 0 Å². The van der Waals surface area contributed by atoms with Crippen molar-refractivity contribution in [2.75, 3.05) is 13.1 Å². The number of aryl methyl sites for hydroxylation is 1. The molecule has 1 aliphatic rings. The van der Waals surface area contributed by atoms with E-state index in [1.807, 2.05) is 11.8 Å². The molecule has 1 fully saturated rings. The average Bonchev–Trinajstić information content (AvgIpc) is 3.02. The van der Waals surface area contributed by atoms with Crippen molar-refractivity contribution in [3.63, 3.8) is 0 Å². The van der Waals surface area contributed by atoms with Gasteiger partial charge in [-0.15, -0.1) is 11.3 Å². The zero-order valence-electron chi connectivity index (χ0n) is 13.6. The third kappa shape index (κ3) is 3.82. The molecule has 1 aromatic carbocycles. The lowest BCUT2D eigenvalue weighted by Crippen LogP contribution is -2.39. The number of rotatable bonds is 4. The van der Waals surface area contributed by atoms with Gasteiger partial charge in [-0.2, -0.15) is 0 Å². The summed E-state index contributed by atoms with van der Waals surface area (Å²) in [6.45, 7) is 3.50. The van der Waals surface area contributed by atoms with Crippen molar-refractivity contribution in [3.8, 4) is 0 Å². The molecule has 1 saturated heterocycles. The number of benzene rings is 1. The van der Waals surface area contributed by atoms with Crippen LogP contribution in [0, 0.1) is 6.92 Å². The summed E-state index contributed by atoms with van der Waals surface area (Å²) in [5, 5.41) is 12.1. The Hall–Kier alpha value is -2.21. The monoisotopic (exact) mass is 344 g/mol. The highest BCUT2D eigenvalue weighted by Crippen LogP contribution is 2.29. The van der Waals surface area contributed by atoms with Crippen molar-refractivity contribution in [1.82, 2.24) is 9.88 Å². The Morgan fingerprint density at radius 3 is 2.71 bits per heavy atom. The molecule has 5 nitrogen and oxygen atoms in total. The van der Waals surface area contributed by atoms with Crippen LogP contribution in [0.25, 0.3) is 0 Å². The number of carboxylic acids is 1. The van der Waals surface area contributed by atoms with Gasteiger partial charge in [-0.3, -0.25) is 4.79 Å². The highest BCUT2D eigenvalue weighted by molar-refractivity contribution is 7.09. The van der Waals surface area contributed by atoms with E-state index < -0.39 is 5.97 Å². The number of likely N-dealkylation sites (tertiary alicyclic amines) is 1. The van der Waals surface area contributed by atoms with Gasteiger partial charge in [-0.25, -0.2) is 9.78 Å². The predicted octanol–water partition coefficient (Wildman–Crippen LogP) is 3.10. The summed E-state index contributed by atoms with van der Waals surface area (Å²) >= 11 is 1.67. The molecule has 2 aromatic rings. The number of hydrogen-bond acceptors (Lipinski definition) is 4. The maximum Gasteiger partial charge on any atom is 0.335 e. The summed E-state index contributed by atoms with van der Waals surface area (Å²) in [5.74, 6) is -0.530. The second kappa shape index (κ2) is 7.13. The van der Waals surface area contributed by atoms with Gasteiger partial charge in [0.25, 0.3) is 0 Å². The first kappa shape index (κ1) is 16.6. The molecule has 0 aliphatic carbocycles. The third-order valence-corrected chi connectivity index (χ3v) is 5.44. The van der Waals surface area contributed by atoms with E-state index in [0.29, 0.717) is 12.3 Å². The summed E-state index contributed by atoms with van der Waals surface area (Å²) in [6, 6.07) is 6.52. The molecule has 0 spiro atoms. The van der Waals surface area contributed by atoms with Gasteiger partial charge in [-0.1, -0.05) is 12.1 Å². The minimum atomic E-state index is -0.953. The lowest BCUT2D eigenvalue weighted by Gasteiger charge is -2.32. The standard InChI is InChI=1S/C18H20N2O3S/c1-12-11-24-17(19-12)15-3-2-8-20(10-15)16(21)9-13-4-6-14(7-5-13)18(22)23/h4-7,11,15H,2-3,8-10H2,1H3,(H,22,23). The Bertz CT molecular complexity index is 739. The number of thiazole rings is 1. The van der Waals surface area contributed by atoms with Crippen LogP contribution in [0.1, 0.15) is 45.4 Å². The number of hydrogen-bond donors (Lipinski definition) is 1. The van der Waals surface area contributed by atoms with Crippen LogP contribution in [0.3, 0.4) is 0 Å². The first-order valence-corrected chi connectivity index (χ1v) is 8.93. The van der Waals surface area contributed by atoms with Crippen molar-refractivity contribution in [3.05, 3.63) is 51.5 Å². The summed E-state index contributed by atoms with van der Waals surface area (Å²) < 4.78 is 0. The van der Waals surface area contributed by atoms with E-state index in [0.717, 1.165) is 42.2 Å². The number of piperidine rings is 1. The van der Waals surface area contributed by atoms with Gasteiger partial charge < -0.3 is 10.0 Å². The van der Waals surface area contributed by atoms with E-state index in [1.165, 1.54) is 0 Å². The van der Waals surface area contributed by atoms with Gasteiger partial charge >= 0.3 is 5.97 Å². The zero-order valence-corrected chi connectivity index (χ0v) is 14.4. The van der Waals surface area contributed by atoms with Crippen LogP contribution < -0.4 is 0 Å². The van der Waals surface area contributed by atoms with E-state index in [-0.39, 0.29) is 11.5 Å². The molecular weight excluding hydrogens is 324 g/mol. The van der Waals surface area contributed by atoms with Crippen LogP contribution in [-0.2, 0) is 11.2 Å². The molecule has 126 valence electrons. The number of aromatic nitrogens is 1. The second-order valence-corrected chi connectivity index (χ2v) is 7.07. The van der Waals surface area contributed by atoms with Gasteiger partial charge in [0.1, 0.15) is 0 Å². The van der Waals surface area contributed by atoms with Crippen molar-refractivity contribution < 1.29 is 14.7 Å². The Balaban J connectivity index is 1.63. The fourth-order valence-electron chi connectivity index (χ4n) is 3.02. The fourth-order valence-corrected chi connectivity index (χ4v) is 3.94. The van der Waals surface area contributed by atoms with Crippen LogP contribution in [0.2, 0.25) is 0 Å². The largest absolute Gasteiger partial charge is 0.478 e. The zero-order chi connectivity index (χ0) is 17.1. The number of carbonyl (C=O) groups is 2. The molecule has 0 radical (unpaired) electrons. The van der Waals surface area contributed by atoms with Gasteiger partial charge in [-0.05, 0) is 37.5 Å². The minimum Gasteiger partial charge on any atom is -0.478 e. The van der Waals surface area contributed by atoms with E-state index in [4.69, 9.17) is 5.11 Å². The predicted molar refractivity (Wildman–Crippen MR) is 92.5 cm³/mol. The molecule has 2 heterocycles. The highest BCUT2D eigenvalue weighted by atomic mass is 32.1. The Morgan fingerprint density at radius 1 is 1.33 bits per heavy atom. The van der Waals surface area contributed by atoms with Gasteiger partial charge in [0.05, 0.1) is 17.0 Å². The Morgan fingerprint density at radius 2 is 2.08 bits per heavy atom.